The summed E-state index contributed by atoms with van der Waals surface area (Å²) in [5, 5.41) is 0. The second-order valence-electron chi connectivity index (χ2n) is 7.41. The molecule has 1 fully saturated rings. The number of carbonyl (C=O) groups is 1. The Morgan fingerprint density at radius 2 is 2.11 bits per heavy atom. The van der Waals surface area contributed by atoms with Gasteiger partial charge in [-0.2, -0.15) is 4.98 Å². The minimum atomic E-state index is -0.538. The molecule has 1 aliphatic carbocycles. The van der Waals surface area contributed by atoms with Gasteiger partial charge in [0, 0.05) is 24.2 Å². The molecule has 7 nitrogen and oxygen atoms in total. The number of nitrogens with zero attached hydrogens (tertiary/aromatic N) is 3. The number of benzene rings is 1. The summed E-state index contributed by atoms with van der Waals surface area (Å²) in [7, 11) is 0. The first-order chi connectivity index (χ1) is 13.6. The van der Waals surface area contributed by atoms with E-state index in [1.165, 1.54) is 12.8 Å². The SMILES string of the molecule is CCCn1c(Oc2cccc(C(N)=O)c2)nc2c(c1=O)CC(C1CCCC1)=N2. The Hall–Kier alpha value is -2.96. The molecule has 7 heteroatoms. The molecule has 1 aromatic heterocycles. The van der Waals surface area contributed by atoms with Crippen LogP contribution in [0, 0.1) is 5.92 Å². The van der Waals surface area contributed by atoms with Crippen molar-refractivity contribution in [1.82, 2.24) is 9.55 Å². The van der Waals surface area contributed by atoms with Crippen molar-refractivity contribution in [3.05, 3.63) is 45.7 Å². The van der Waals surface area contributed by atoms with E-state index in [-0.39, 0.29) is 11.6 Å². The number of rotatable bonds is 6. The van der Waals surface area contributed by atoms with Gasteiger partial charge in [-0.1, -0.05) is 25.8 Å². The van der Waals surface area contributed by atoms with Crippen LogP contribution in [0.2, 0.25) is 0 Å². The number of fused-ring (bicyclic) bond motifs is 1. The average Bonchev–Trinajstić information content (AvgIpc) is 3.34. The fraction of sp³-hybridized carbons (Fsp3) is 0.429. The van der Waals surface area contributed by atoms with Crippen molar-refractivity contribution >= 4 is 17.4 Å². The topological polar surface area (TPSA) is 99.6 Å². The van der Waals surface area contributed by atoms with E-state index in [1.807, 2.05) is 6.92 Å². The van der Waals surface area contributed by atoms with Gasteiger partial charge in [-0.25, -0.2) is 4.99 Å². The summed E-state index contributed by atoms with van der Waals surface area (Å²) in [5.41, 5.74) is 7.33. The molecular weight excluding hydrogens is 356 g/mol. The first-order valence-electron chi connectivity index (χ1n) is 9.85. The fourth-order valence-electron chi connectivity index (χ4n) is 3.98. The maximum absolute atomic E-state index is 13.1. The van der Waals surface area contributed by atoms with E-state index < -0.39 is 5.91 Å². The lowest BCUT2D eigenvalue weighted by Crippen LogP contribution is -2.26. The van der Waals surface area contributed by atoms with Gasteiger partial charge in [-0.3, -0.25) is 14.2 Å². The zero-order valence-corrected chi connectivity index (χ0v) is 16.0. The highest BCUT2D eigenvalue weighted by molar-refractivity contribution is 5.95. The van der Waals surface area contributed by atoms with Gasteiger partial charge in [0.2, 0.25) is 5.91 Å². The Labute approximate surface area is 163 Å². The number of aliphatic imine (C=N–C) groups is 1. The van der Waals surface area contributed by atoms with Crippen molar-refractivity contribution in [3.63, 3.8) is 0 Å². The molecule has 2 heterocycles. The highest BCUT2D eigenvalue weighted by atomic mass is 16.5. The largest absolute Gasteiger partial charge is 0.425 e. The number of primary amides is 1. The summed E-state index contributed by atoms with van der Waals surface area (Å²) in [6.45, 7) is 2.50. The van der Waals surface area contributed by atoms with Gasteiger partial charge in [0.15, 0.2) is 5.82 Å². The first-order valence-corrected chi connectivity index (χ1v) is 9.85. The molecule has 146 valence electrons. The Morgan fingerprint density at radius 3 is 2.82 bits per heavy atom. The number of amides is 1. The number of nitrogens with two attached hydrogens (primary N) is 1. The van der Waals surface area contributed by atoms with Crippen molar-refractivity contribution in [1.29, 1.82) is 0 Å². The number of hydrogen-bond acceptors (Lipinski definition) is 5. The third-order valence-corrected chi connectivity index (χ3v) is 5.41. The van der Waals surface area contributed by atoms with E-state index in [9.17, 15) is 9.59 Å². The van der Waals surface area contributed by atoms with E-state index in [0.717, 1.165) is 25.0 Å². The van der Waals surface area contributed by atoms with Crippen LogP contribution in [0.15, 0.2) is 34.1 Å². The minimum Gasteiger partial charge on any atom is -0.425 e. The van der Waals surface area contributed by atoms with Crippen LogP contribution in [0.5, 0.6) is 11.8 Å². The molecule has 2 aromatic rings. The van der Waals surface area contributed by atoms with Gasteiger partial charge < -0.3 is 10.5 Å². The second kappa shape index (κ2) is 7.58. The minimum absolute atomic E-state index is 0.0929. The lowest BCUT2D eigenvalue weighted by Gasteiger charge is -2.13. The van der Waals surface area contributed by atoms with Crippen molar-refractivity contribution < 1.29 is 9.53 Å². The normalized spacial score (nSPS) is 16.1. The molecule has 2 N–H and O–H groups in total. The van der Waals surface area contributed by atoms with Crippen molar-refractivity contribution in [2.45, 2.75) is 52.0 Å². The predicted octanol–water partition coefficient (Wildman–Crippen LogP) is 3.36. The Bertz CT molecular complexity index is 1000. The summed E-state index contributed by atoms with van der Waals surface area (Å²) < 4.78 is 7.45. The van der Waals surface area contributed by atoms with Gasteiger partial charge >= 0.3 is 6.01 Å². The van der Waals surface area contributed by atoms with Crippen LogP contribution in [0.25, 0.3) is 0 Å². The Kier molecular flexibility index (Phi) is 4.98. The monoisotopic (exact) mass is 380 g/mol. The predicted molar refractivity (Wildman–Crippen MR) is 107 cm³/mol. The fourth-order valence-corrected chi connectivity index (χ4v) is 3.98. The lowest BCUT2D eigenvalue weighted by atomic mass is 9.98. The second-order valence-corrected chi connectivity index (χ2v) is 7.41. The maximum Gasteiger partial charge on any atom is 0.306 e. The molecular formula is C21H24N4O3. The van der Waals surface area contributed by atoms with E-state index in [2.05, 4.69) is 9.98 Å². The van der Waals surface area contributed by atoms with Gasteiger partial charge in [0.05, 0.1) is 5.56 Å². The number of hydrogen-bond donors (Lipinski definition) is 1. The van der Waals surface area contributed by atoms with E-state index >= 15 is 0 Å². The van der Waals surface area contributed by atoms with Gasteiger partial charge in [0.1, 0.15) is 5.75 Å². The maximum atomic E-state index is 13.1. The molecule has 1 aliphatic heterocycles. The smallest absolute Gasteiger partial charge is 0.306 e. The number of aromatic nitrogens is 2. The molecule has 0 radical (unpaired) electrons. The first kappa shape index (κ1) is 18.4. The molecule has 0 atom stereocenters. The van der Waals surface area contributed by atoms with Crippen molar-refractivity contribution in [2.75, 3.05) is 0 Å². The van der Waals surface area contributed by atoms with Crippen LogP contribution < -0.4 is 16.0 Å². The van der Waals surface area contributed by atoms with E-state index in [1.54, 1.807) is 28.8 Å². The summed E-state index contributed by atoms with van der Waals surface area (Å²) in [6, 6.07) is 6.74. The van der Waals surface area contributed by atoms with Gasteiger partial charge in [-0.15, -0.1) is 0 Å². The van der Waals surface area contributed by atoms with Gasteiger partial charge in [-0.05, 0) is 43.4 Å². The number of carbonyl (C=O) groups excluding carboxylic acids is 1. The summed E-state index contributed by atoms with van der Waals surface area (Å²) in [4.78, 5) is 33.8. The van der Waals surface area contributed by atoms with Crippen LogP contribution in [-0.2, 0) is 13.0 Å². The van der Waals surface area contributed by atoms with Gasteiger partial charge in [0.25, 0.3) is 5.56 Å². The standard InChI is InChI=1S/C21H24N4O3/c1-2-10-25-20(27)16-12-17(13-6-3-4-7-13)23-19(16)24-21(25)28-15-9-5-8-14(11-15)18(22)26/h5,8-9,11,13H,2-4,6-7,10,12H2,1H3,(H2,22,26). The molecule has 0 spiro atoms. The van der Waals surface area contributed by atoms with Crippen molar-refractivity contribution in [3.8, 4) is 11.8 Å². The molecule has 0 unspecified atom stereocenters. The Balaban J connectivity index is 1.71. The molecule has 1 saturated carbocycles. The zero-order valence-electron chi connectivity index (χ0n) is 16.0. The quantitative estimate of drug-likeness (QED) is 0.830. The summed E-state index contributed by atoms with van der Waals surface area (Å²) in [6.07, 6.45) is 6.08. The summed E-state index contributed by atoms with van der Waals surface area (Å²) >= 11 is 0. The molecule has 0 bridgehead atoms. The highest BCUT2D eigenvalue weighted by Gasteiger charge is 2.29. The molecule has 1 aromatic carbocycles. The number of ether oxygens (including phenoxy) is 1. The highest BCUT2D eigenvalue weighted by Crippen LogP contribution is 2.34. The lowest BCUT2D eigenvalue weighted by molar-refractivity contribution is 0.1000. The molecule has 28 heavy (non-hydrogen) atoms. The zero-order chi connectivity index (χ0) is 19.7. The average molecular weight is 380 g/mol. The third kappa shape index (κ3) is 3.44. The van der Waals surface area contributed by atoms with Crippen LogP contribution in [-0.4, -0.2) is 21.2 Å². The summed E-state index contributed by atoms with van der Waals surface area (Å²) in [5.74, 6) is 0.806. The van der Waals surface area contributed by atoms with Crippen LogP contribution >= 0.6 is 0 Å². The van der Waals surface area contributed by atoms with Crippen molar-refractivity contribution in [2.24, 2.45) is 16.6 Å². The molecule has 2 aliphatic rings. The van der Waals surface area contributed by atoms with Crippen LogP contribution in [0.1, 0.15) is 54.9 Å². The molecule has 1 amide bonds. The van der Waals surface area contributed by atoms with E-state index in [0.29, 0.717) is 41.6 Å². The van der Waals surface area contributed by atoms with E-state index in [4.69, 9.17) is 10.5 Å². The van der Waals surface area contributed by atoms with Crippen LogP contribution in [0.3, 0.4) is 0 Å². The Morgan fingerprint density at radius 1 is 1.32 bits per heavy atom. The molecule has 4 rings (SSSR count). The van der Waals surface area contributed by atoms with Crippen LogP contribution in [0.4, 0.5) is 5.82 Å². The molecule has 0 saturated heterocycles. The third-order valence-electron chi connectivity index (χ3n) is 5.41.